The van der Waals surface area contributed by atoms with Crippen molar-refractivity contribution in [3.63, 3.8) is 0 Å². The zero-order valence-corrected chi connectivity index (χ0v) is 8.66. The van der Waals surface area contributed by atoms with Crippen LogP contribution in [0, 0.1) is 0 Å². The fourth-order valence-corrected chi connectivity index (χ4v) is 1.27. The van der Waals surface area contributed by atoms with E-state index in [1.807, 2.05) is 13.0 Å². The molecule has 0 aliphatic rings. The average Bonchev–Trinajstić information content (AvgIpc) is 2.69. The van der Waals surface area contributed by atoms with Gasteiger partial charge in [-0.05, 0) is 31.9 Å². The summed E-state index contributed by atoms with van der Waals surface area (Å²) in [6, 6.07) is 1.95. The van der Waals surface area contributed by atoms with Crippen LogP contribution in [0.25, 0.3) is 0 Å². The molecule has 3 N–H and O–H groups in total. The van der Waals surface area contributed by atoms with Gasteiger partial charge in [0.2, 0.25) is 0 Å². The molecule has 0 bridgehead atoms. The highest BCUT2D eigenvalue weighted by molar-refractivity contribution is 4.96. The molecule has 4 nitrogen and oxygen atoms in total. The third-order valence-corrected chi connectivity index (χ3v) is 2.24. The Hall–Kier alpha value is -0.870. The summed E-state index contributed by atoms with van der Waals surface area (Å²) in [6.45, 7) is 3.76. The van der Waals surface area contributed by atoms with Gasteiger partial charge in [-0.1, -0.05) is 6.92 Å². The van der Waals surface area contributed by atoms with Crippen LogP contribution in [0.3, 0.4) is 0 Å². The summed E-state index contributed by atoms with van der Waals surface area (Å²) in [5.74, 6) is 0. The van der Waals surface area contributed by atoms with Crippen molar-refractivity contribution in [3.8, 4) is 0 Å². The third kappa shape index (κ3) is 4.39. The topological polar surface area (TPSA) is 60.9 Å². The molecule has 80 valence electrons. The second kappa shape index (κ2) is 6.56. The van der Waals surface area contributed by atoms with E-state index in [-0.39, 0.29) is 6.10 Å². The van der Waals surface area contributed by atoms with E-state index in [1.165, 1.54) is 0 Å². The van der Waals surface area contributed by atoms with Crippen LogP contribution in [0.15, 0.2) is 12.3 Å². The molecular formula is C10H19N3O. The van der Waals surface area contributed by atoms with Gasteiger partial charge < -0.3 is 10.4 Å². The fourth-order valence-electron chi connectivity index (χ4n) is 1.27. The number of aromatic nitrogens is 2. The van der Waals surface area contributed by atoms with Crippen LogP contribution >= 0.6 is 0 Å². The zero-order chi connectivity index (χ0) is 10.2. The molecule has 0 spiro atoms. The zero-order valence-electron chi connectivity index (χ0n) is 8.66. The first-order chi connectivity index (χ1) is 6.83. The van der Waals surface area contributed by atoms with E-state index in [0.717, 1.165) is 38.0 Å². The van der Waals surface area contributed by atoms with Crippen molar-refractivity contribution >= 4 is 0 Å². The van der Waals surface area contributed by atoms with Crippen molar-refractivity contribution in [2.24, 2.45) is 0 Å². The van der Waals surface area contributed by atoms with Crippen LogP contribution < -0.4 is 5.32 Å². The first-order valence-corrected chi connectivity index (χ1v) is 5.20. The molecule has 0 aliphatic carbocycles. The molecule has 0 saturated carbocycles. The van der Waals surface area contributed by atoms with Gasteiger partial charge in [0, 0.05) is 18.4 Å². The van der Waals surface area contributed by atoms with E-state index in [9.17, 15) is 5.11 Å². The van der Waals surface area contributed by atoms with Crippen molar-refractivity contribution in [3.05, 3.63) is 18.0 Å². The van der Waals surface area contributed by atoms with Crippen LogP contribution in [0.4, 0.5) is 0 Å². The lowest BCUT2D eigenvalue weighted by Gasteiger charge is -2.07. The Balaban J connectivity index is 1.95. The number of rotatable bonds is 7. The molecule has 4 heteroatoms. The summed E-state index contributed by atoms with van der Waals surface area (Å²) in [6.07, 6.45) is 4.36. The summed E-state index contributed by atoms with van der Waals surface area (Å²) in [5, 5.41) is 19.3. The Morgan fingerprint density at radius 3 is 3.14 bits per heavy atom. The van der Waals surface area contributed by atoms with E-state index in [2.05, 4.69) is 15.5 Å². The van der Waals surface area contributed by atoms with Crippen molar-refractivity contribution in [1.29, 1.82) is 0 Å². The molecule has 0 saturated heterocycles. The van der Waals surface area contributed by atoms with Crippen molar-refractivity contribution in [2.45, 2.75) is 38.8 Å². The lowest BCUT2D eigenvalue weighted by atomic mass is 10.1. The molecule has 1 unspecified atom stereocenters. The molecule has 14 heavy (non-hydrogen) atoms. The van der Waals surface area contributed by atoms with Crippen LogP contribution in [0.1, 0.15) is 31.9 Å². The summed E-state index contributed by atoms with van der Waals surface area (Å²) >= 11 is 0. The van der Waals surface area contributed by atoms with Gasteiger partial charge in [-0.2, -0.15) is 5.10 Å². The second-order valence-corrected chi connectivity index (χ2v) is 3.46. The van der Waals surface area contributed by atoms with Gasteiger partial charge in [0.1, 0.15) is 0 Å². The van der Waals surface area contributed by atoms with Crippen LogP contribution in [0.2, 0.25) is 0 Å². The first kappa shape index (κ1) is 11.2. The standard InChI is InChI=1S/C10H19N3O/c1-2-10(14)4-3-6-11-8-9-5-7-12-13-9/h5,7,10-11,14H,2-4,6,8H2,1H3,(H,12,13). The molecule has 1 aromatic rings. The van der Waals surface area contributed by atoms with E-state index in [1.54, 1.807) is 6.20 Å². The SMILES string of the molecule is CCC(O)CCCNCc1ccn[nH]1. The minimum Gasteiger partial charge on any atom is -0.393 e. The number of hydrogen-bond acceptors (Lipinski definition) is 3. The van der Waals surface area contributed by atoms with E-state index < -0.39 is 0 Å². The number of nitrogens with one attached hydrogen (secondary N) is 2. The van der Waals surface area contributed by atoms with E-state index in [4.69, 9.17) is 0 Å². The number of nitrogens with zero attached hydrogens (tertiary/aromatic N) is 1. The Kier molecular flexibility index (Phi) is 5.25. The van der Waals surface area contributed by atoms with Gasteiger partial charge in [-0.3, -0.25) is 5.10 Å². The minimum atomic E-state index is -0.135. The highest BCUT2D eigenvalue weighted by atomic mass is 16.3. The number of aromatic amines is 1. The maximum atomic E-state index is 9.30. The van der Waals surface area contributed by atoms with Crippen LogP contribution in [0.5, 0.6) is 0 Å². The Morgan fingerprint density at radius 2 is 2.50 bits per heavy atom. The predicted molar refractivity (Wildman–Crippen MR) is 55.8 cm³/mol. The average molecular weight is 197 g/mol. The van der Waals surface area contributed by atoms with Crippen molar-refractivity contribution < 1.29 is 5.11 Å². The molecule has 1 atom stereocenters. The Morgan fingerprint density at radius 1 is 1.64 bits per heavy atom. The highest BCUT2D eigenvalue weighted by Crippen LogP contribution is 1.99. The Bertz CT molecular complexity index is 223. The van der Waals surface area contributed by atoms with Gasteiger partial charge in [0.05, 0.1) is 6.10 Å². The summed E-state index contributed by atoms with van der Waals surface area (Å²) in [5.41, 5.74) is 1.10. The minimum absolute atomic E-state index is 0.135. The molecule has 0 aliphatic heterocycles. The number of hydrogen-bond donors (Lipinski definition) is 3. The van der Waals surface area contributed by atoms with E-state index in [0.29, 0.717) is 0 Å². The third-order valence-electron chi connectivity index (χ3n) is 2.24. The van der Waals surface area contributed by atoms with Crippen LogP contribution in [-0.2, 0) is 6.54 Å². The smallest absolute Gasteiger partial charge is 0.0538 e. The Labute approximate surface area is 84.7 Å². The van der Waals surface area contributed by atoms with Crippen LogP contribution in [-0.4, -0.2) is 28.0 Å². The first-order valence-electron chi connectivity index (χ1n) is 5.20. The van der Waals surface area contributed by atoms with Crippen molar-refractivity contribution in [2.75, 3.05) is 6.54 Å². The maximum absolute atomic E-state index is 9.30. The molecule has 1 aromatic heterocycles. The maximum Gasteiger partial charge on any atom is 0.0538 e. The van der Waals surface area contributed by atoms with Gasteiger partial charge >= 0.3 is 0 Å². The lowest BCUT2D eigenvalue weighted by Crippen LogP contribution is -2.17. The number of aliphatic hydroxyl groups excluding tert-OH is 1. The van der Waals surface area contributed by atoms with E-state index >= 15 is 0 Å². The molecule has 0 radical (unpaired) electrons. The highest BCUT2D eigenvalue weighted by Gasteiger charge is 1.99. The van der Waals surface area contributed by atoms with Crippen molar-refractivity contribution in [1.82, 2.24) is 15.5 Å². The second-order valence-electron chi connectivity index (χ2n) is 3.46. The lowest BCUT2D eigenvalue weighted by molar-refractivity contribution is 0.157. The molecule has 0 aromatic carbocycles. The quantitative estimate of drug-likeness (QED) is 0.573. The molecule has 0 amide bonds. The fraction of sp³-hybridized carbons (Fsp3) is 0.700. The summed E-state index contributed by atoms with van der Waals surface area (Å²) in [7, 11) is 0. The number of aliphatic hydroxyl groups is 1. The van der Waals surface area contributed by atoms with Gasteiger partial charge in [0.15, 0.2) is 0 Å². The molecular weight excluding hydrogens is 178 g/mol. The summed E-state index contributed by atoms with van der Waals surface area (Å²) < 4.78 is 0. The molecule has 1 heterocycles. The summed E-state index contributed by atoms with van der Waals surface area (Å²) in [4.78, 5) is 0. The molecule has 0 fully saturated rings. The largest absolute Gasteiger partial charge is 0.393 e. The number of H-pyrrole nitrogens is 1. The van der Waals surface area contributed by atoms with Gasteiger partial charge in [-0.25, -0.2) is 0 Å². The van der Waals surface area contributed by atoms with Gasteiger partial charge in [-0.15, -0.1) is 0 Å². The monoisotopic (exact) mass is 197 g/mol. The normalized spacial score (nSPS) is 13.0. The predicted octanol–water partition coefficient (Wildman–Crippen LogP) is 1.05. The molecule has 1 rings (SSSR count). The van der Waals surface area contributed by atoms with Gasteiger partial charge in [0.25, 0.3) is 0 Å².